The zero-order chi connectivity index (χ0) is 19.6. The molecule has 0 aliphatic rings. The molecular weight excluding hydrogens is 352 g/mol. The van der Waals surface area contributed by atoms with Crippen molar-refractivity contribution in [1.29, 1.82) is 0 Å². The van der Waals surface area contributed by atoms with Gasteiger partial charge in [0.15, 0.2) is 18.1 Å². The number of nitrogens with two attached hydrogens (primary N) is 1. The second-order valence-electron chi connectivity index (χ2n) is 5.48. The van der Waals surface area contributed by atoms with E-state index in [4.69, 9.17) is 15.2 Å². The molecule has 142 valence electrons. The zero-order valence-electron chi connectivity index (χ0n) is 14.8. The lowest BCUT2D eigenvalue weighted by molar-refractivity contribution is -0.119. The Bertz CT molecular complexity index is 808. The molecule has 1 aromatic heterocycles. The Labute approximate surface area is 155 Å². The first-order valence-electron chi connectivity index (χ1n) is 8.32. The highest BCUT2D eigenvalue weighted by Crippen LogP contribution is 2.11. The minimum Gasteiger partial charge on any atom is -0.462 e. The van der Waals surface area contributed by atoms with Crippen LogP contribution in [0.4, 0.5) is 11.5 Å². The SMILES string of the molecule is CCCCOC(=O)c1ccc(NC(=O)COC(=O)c2nccnc2N)cc1. The maximum Gasteiger partial charge on any atom is 0.361 e. The molecule has 0 aliphatic carbocycles. The monoisotopic (exact) mass is 372 g/mol. The third-order valence-electron chi connectivity index (χ3n) is 3.39. The first-order chi connectivity index (χ1) is 13.0. The summed E-state index contributed by atoms with van der Waals surface area (Å²) in [6.07, 6.45) is 4.37. The van der Waals surface area contributed by atoms with Crippen molar-refractivity contribution in [2.45, 2.75) is 19.8 Å². The molecule has 0 saturated carbocycles. The maximum absolute atomic E-state index is 11.9. The molecule has 2 rings (SSSR count). The minimum atomic E-state index is -0.846. The van der Waals surface area contributed by atoms with Gasteiger partial charge >= 0.3 is 11.9 Å². The van der Waals surface area contributed by atoms with Crippen LogP contribution in [0.3, 0.4) is 0 Å². The Morgan fingerprint density at radius 3 is 2.41 bits per heavy atom. The van der Waals surface area contributed by atoms with Gasteiger partial charge in [0.05, 0.1) is 12.2 Å². The first kappa shape index (κ1) is 19.8. The number of nitrogen functional groups attached to an aromatic ring is 1. The molecule has 3 N–H and O–H groups in total. The summed E-state index contributed by atoms with van der Waals surface area (Å²) in [4.78, 5) is 43.0. The van der Waals surface area contributed by atoms with E-state index in [1.54, 1.807) is 12.1 Å². The maximum atomic E-state index is 11.9. The fraction of sp³-hybridized carbons (Fsp3) is 0.278. The van der Waals surface area contributed by atoms with Crippen molar-refractivity contribution >= 4 is 29.4 Å². The average molecular weight is 372 g/mol. The summed E-state index contributed by atoms with van der Waals surface area (Å²) in [6, 6.07) is 6.18. The van der Waals surface area contributed by atoms with Gasteiger partial charge in [0.2, 0.25) is 0 Å². The number of esters is 2. The fourth-order valence-corrected chi connectivity index (χ4v) is 1.98. The number of hydrogen-bond donors (Lipinski definition) is 2. The molecule has 0 atom stereocenters. The van der Waals surface area contributed by atoms with Gasteiger partial charge in [-0.15, -0.1) is 0 Å². The second-order valence-corrected chi connectivity index (χ2v) is 5.48. The highest BCUT2D eigenvalue weighted by Gasteiger charge is 2.15. The largest absolute Gasteiger partial charge is 0.462 e. The van der Waals surface area contributed by atoms with Gasteiger partial charge in [-0.1, -0.05) is 13.3 Å². The summed E-state index contributed by atoms with van der Waals surface area (Å²) in [5.41, 5.74) is 6.19. The number of nitrogens with one attached hydrogen (secondary N) is 1. The standard InChI is InChI=1S/C18H20N4O5/c1-2-3-10-26-17(24)12-4-6-13(7-5-12)22-14(23)11-27-18(25)15-16(19)21-9-8-20-15/h4-9H,2-3,10-11H2,1H3,(H2,19,21)(H,22,23). The van der Waals surface area contributed by atoms with E-state index in [0.717, 1.165) is 12.8 Å². The zero-order valence-corrected chi connectivity index (χ0v) is 14.8. The molecule has 0 radical (unpaired) electrons. The third-order valence-corrected chi connectivity index (χ3v) is 3.39. The molecule has 0 aliphatic heterocycles. The van der Waals surface area contributed by atoms with E-state index in [1.807, 2.05) is 6.92 Å². The van der Waals surface area contributed by atoms with Gasteiger partial charge < -0.3 is 20.5 Å². The lowest BCUT2D eigenvalue weighted by Crippen LogP contribution is -2.22. The smallest absolute Gasteiger partial charge is 0.361 e. The van der Waals surface area contributed by atoms with E-state index < -0.39 is 24.5 Å². The van der Waals surface area contributed by atoms with Crippen LogP contribution in [0.1, 0.15) is 40.6 Å². The Morgan fingerprint density at radius 2 is 1.74 bits per heavy atom. The van der Waals surface area contributed by atoms with Gasteiger partial charge in [0.1, 0.15) is 0 Å². The van der Waals surface area contributed by atoms with E-state index in [9.17, 15) is 14.4 Å². The highest BCUT2D eigenvalue weighted by atomic mass is 16.5. The predicted molar refractivity (Wildman–Crippen MR) is 97.0 cm³/mol. The molecule has 0 saturated heterocycles. The van der Waals surface area contributed by atoms with Crippen molar-refractivity contribution in [3.8, 4) is 0 Å². The summed E-state index contributed by atoms with van der Waals surface area (Å²) in [5, 5.41) is 2.55. The van der Waals surface area contributed by atoms with Crippen LogP contribution in [0.25, 0.3) is 0 Å². The van der Waals surface area contributed by atoms with E-state index in [2.05, 4.69) is 15.3 Å². The Hall–Kier alpha value is -3.49. The molecule has 9 nitrogen and oxygen atoms in total. The number of benzene rings is 1. The summed E-state index contributed by atoms with van der Waals surface area (Å²) in [5.74, 6) is -1.90. The van der Waals surface area contributed by atoms with Gasteiger partial charge in [-0.3, -0.25) is 4.79 Å². The molecular formula is C18H20N4O5. The number of aromatic nitrogens is 2. The van der Waals surface area contributed by atoms with E-state index >= 15 is 0 Å². The average Bonchev–Trinajstić information content (AvgIpc) is 2.67. The van der Waals surface area contributed by atoms with Gasteiger partial charge in [0.25, 0.3) is 5.91 Å². The number of amides is 1. The molecule has 0 unspecified atom stereocenters. The van der Waals surface area contributed by atoms with Crippen LogP contribution in [0.2, 0.25) is 0 Å². The second kappa shape index (κ2) is 9.85. The van der Waals surface area contributed by atoms with Crippen LogP contribution in [0.5, 0.6) is 0 Å². The predicted octanol–water partition coefficient (Wildman–Crippen LogP) is 1.81. The number of hydrogen-bond acceptors (Lipinski definition) is 8. The molecule has 1 amide bonds. The number of anilines is 2. The molecule has 1 aromatic carbocycles. The van der Waals surface area contributed by atoms with Crippen molar-refractivity contribution in [2.24, 2.45) is 0 Å². The van der Waals surface area contributed by atoms with Gasteiger partial charge in [0, 0.05) is 18.1 Å². The van der Waals surface area contributed by atoms with Crippen molar-refractivity contribution in [3.63, 3.8) is 0 Å². The van der Waals surface area contributed by atoms with Gasteiger partial charge in [-0.2, -0.15) is 0 Å². The first-order valence-corrected chi connectivity index (χ1v) is 8.32. The van der Waals surface area contributed by atoms with Gasteiger partial charge in [-0.05, 0) is 30.7 Å². The van der Waals surface area contributed by atoms with Crippen LogP contribution < -0.4 is 11.1 Å². The molecule has 0 fully saturated rings. The normalized spacial score (nSPS) is 10.1. The lowest BCUT2D eigenvalue weighted by Gasteiger charge is -2.08. The van der Waals surface area contributed by atoms with E-state index in [1.165, 1.54) is 24.5 Å². The summed E-state index contributed by atoms with van der Waals surface area (Å²) >= 11 is 0. The number of nitrogens with zero attached hydrogens (tertiary/aromatic N) is 2. The number of unbranched alkanes of at least 4 members (excludes halogenated alkanes) is 1. The van der Waals surface area contributed by atoms with E-state index in [-0.39, 0.29) is 11.5 Å². The molecule has 1 heterocycles. The Kier molecular flexibility index (Phi) is 7.24. The lowest BCUT2D eigenvalue weighted by atomic mass is 10.2. The van der Waals surface area contributed by atoms with E-state index in [0.29, 0.717) is 17.9 Å². The summed E-state index contributed by atoms with van der Waals surface area (Å²) in [6.45, 7) is 1.86. The third kappa shape index (κ3) is 6.07. The summed E-state index contributed by atoms with van der Waals surface area (Å²) < 4.78 is 9.95. The molecule has 0 spiro atoms. The fourth-order valence-electron chi connectivity index (χ4n) is 1.98. The molecule has 2 aromatic rings. The molecule has 0 bridgehead atoms. The topological polar surface area (TPSA) is 134 Å². The Morgan fingerprint density at radius 1 is 1.04 bits per heavy atom. The van der Waals surface area contributed by atoms with Crippen molar-refractivity contribution in [1.82, 2.24) is 9.97 Å². The summed E-state index contributed by atoms with van der Waals surface area (Å²) in [7, 11) is 0. The van der Waals surface area contributed by atoms with Crippen LogP contribution in [0, 0.1) is 0 Å². The number of carbonyl (C=O) groups excluding carboxylic acids is 3. The number of rotatable bonds is 8. The van der Waals surface area contributed by atoms with Crippen molar-refractivity contribution < 1.29 is 23.9 Å². The minimum absolute atomic E-state index is 0.0793. The van der Waals surface area contributed by atoms with Crippen LogP contribution in [-0.2, 0) is 14.3 Å². The Balaban J connectivity index is 1.82. The number of ether oxygens (including phenoxy) is 2. The van der Waals surface area contributed by atoms with Crippen LogP contribution >= 0.6 is 0 Å². The molecule has 27 heavy (non-hydrogen) atoms. The van der Waals surface area contributed by atoms with Crippen LogP contribution in [0.15, 0.2) is 36.7 Å². The van der Waals surface area contributed by atoms with Crippen molar-refractivity contribution in [3.05, 3.63) is 47.9 Å². The molecule has 9 heteroatoms. The highest BCUT2D eigenvalue weighted by molar-refractivity contribution is 5.97. The quantitative estimate of drug-likeness (QED) is 0.529. The van der Waals surface area contributed by atoms with Crippen LogP contribution in [-0.4, -0.2) is 41.0 Å². The van der Waals surface area contributed by atoms with Gasteiger partial charge in [-0.25, -0.2) is 19.6 Å². The number of carbonyl (C=O) groups is 3. The van der Waals surface area contributed by atoms with Crippen molar-refractivity contribution in [2.75, 3.05) is 24.3 Å².